The van der Waals surface area contributed by atoms with Gasteiger partial charge in [0.25, 0.3) is 0 Å². The Balaban J connectivity index is 2.37. The van der Waals surface area contributed by atoms with E-state index in [0.29, 0.717) is 6.54 Å². The predicted octanol–water partition coefficient (Wildman–Crippen LogP) is 1.82. The number of hydrogen-bond donors (Lipinski definition) is 1. The van der Waals surface area contributed by atoms with Crippen LogP contribution in [0.1, 0.15) is 19.4 Å². The molecule has 1 aliphatic rings. The van der Waals surface area contributed by atoms with E-state index in [-0.39, 0.29) is 11.8 Å². The van der Waals surface area contributed by atoms with Crippen LogP contribution < -0.4 is 5.32 Å². The van der Waals surface area contributed by atoms with Gasteiger partial charge in [0, 0.05) is 6.54 Å². The van der Waals surface area contributed by atoms with Crippen molar-refractivity contribution in [3.63, 3.8) is 0 Å². The summed E-state index contributed by atoms with van der Waals surface area (Å²) in [7, 11) is 1.38. The van der Waals surface area contributed by atoms with Crippen LogP contribution in [-0.4, -0.2) is 19.6 Å². The highest BCUT2D eigenvalue weighted by Crippen LogP contribution is 2.47. The number of carbonyl (C=O) groups excluding carboxylic acids is 1. The average molecular weight is 237 g/mol. The number of methoxy groups -OCH3 is 1. The number of hydrogen-bond acceptors (Lipinski definition) is 3. The zero-order valence-corrected chi connectivity index (χ0v) is 10.2. The molecule has 1 saturated heterocycles. The minimum atomic E-state index is -0.681. The maximum Gasteiger partial charge on any atom is 0.313 e. The van der Waals surface area contributed by atoms with Gasteiger partial charge >= 0.3 is 5.97 Å². The van der Waals surface area contributed by atoms with Crippen molar-refractivity contribution in [1.29, 1.82) is 0 Å². The summed E-state index contributed by atoms with van der Waals surface area (Å²) in [5, 5.41) is 3.22. The van der Waals surface area contributed by atoms with Gasteiger partial charge < -0.3 is 10.1 Å². The second-order valence-electron chi connectivity index (χ2n) is 4.88. The Morgan fingerprint density at radius 1 is 1.41 bits per heavy atom. The standard InChI is InChI=1S/C13H16FNO2/c1-12(2,11(16)17-3)13(8-15-13)9-4-6-10(14)7-5-9/h4-7,15H,8H2,1-3H3. The molecule has 1 aromatic carbocycles. The maximum atomic E-state index is 12.9. The molecular formula is C13H16FNO2. The van der Waals surface area contributed by atoms with Crippen LogP contribution in [0.5, 0.6) is 0 Å². The second kappa shape index (κ2) is 3.81. The highest BCUT2D eigenvalue weighted by Gasteiger charge is 2.59. The quantitative estimate of drug-likeness (QED) is 0.644. The van der Waals surface area contributed by atoms with Gasteiger partial charge in [-0.05, 0) is 31.5 Å². The Morgan fingerprint density at radius 3 is 2.35 bits per heavy atom. The lowest BCUT2D eigenvalue weighted by atomic mass is 9.74. The van der Waals surface area contributed by atoms with Crippen molar-refractivity contribution in [2.24, 2.45) is 5.41 Å². The first-order valence-electron chi connectivity index (χ1n) is 5.53. The van der Waals surface area contributed by atoms with Crippen molar-refractivity contribution in [1.82, 2.24) is 5.32 Å². The molecule has 0 radical (unpaired) electrons. The van der Waals surface area contributed by atoms with E-state index in [4.69, 9.17) is 4.74 Å². The first kappa shape index (κ1) is 12.0. The Kier molecular flexibility index (Phi) is 2.70. The molecule has 1 fully saturated rings. The summed E-state index contributed by atoms with van der Waals surface area (Å²) in [4.78, 5) is 11.8. The fourth-order valence-electron chi connectivity index (χ4n) is 2.26. The third kappa shape index (κ3) is 1.72. The number of esters is 1. The summed E-state index contributed by atoms with van der Waals surface area (Å²) in [5.41, 5.74) is -0.206. The molecule has 1 heterocycles. The molecule has 3 nitrogen and oxygen atoms in total. The van der Waals surface area contributed by atoms with E-state index in [1.165, 1.54) is 19.2 Å². The monoisotopic (exact) mass is 237 g/mol. The van der Waals surface area contributed by atoms with Gasteiger partial charge in [-0.1, -0.05) is 12.1 Å². The van der Waals surface area contributed by atoms with Crippen LogP contribution in [0, 0.1) is 11.2 Å². The summed E-state index contributed by atoms with van der Waals surface area (Å²) in [5.74, 6) is -0.549. The summed E-state index contributed by atoms with van der Waals surface area (Å²) in [6.07, 6.45) is 0. The number of benzene rings is 1. The average Bonchev–Trinajstić information content (AvgIpc) is 3.10. The van der Waals surface area contributed by atoms with Gasteiger partial charge in [0.15, 0.2) is 0 Å². The molecule has 0 spiro atoms. The highest BCUT2D eigenvalue weighted by molar-refractivity contribution is 5.79. The van der Waals surface area contributed by atoms with Crippen LogP contribution in [-0.2, 0) is 15.1 Å². The fraction of sp³-hybridized carbons (Fsp3) is 0.462. The molecule has 17 heavy (non-hydrogen) atoms. The summed E-state index contributed by atoms with van der Waals surface area (Å²) < 4.78 is 17.7. The number of ether oxygens (including phenoxy) is 1. The van der Waals surface area contributed by atoms with Crippen molar-refractivity contribution in [2.45, 2.75) is 19.4 Å². The van der Waals surface area contributed by atoms with Crippen LogP contribution in [0.25, 0.3) is 0 Å². The van der Waals surface area contributed by atoms with Crippen LogP contribution >= 0.6 is 0 Å². The minimum Gasteiger partial charge on any atom is -0.469 e. The largest absolute Gasteiger partial charge is 0.469 e. The lowest BCUT2D eigenvalue weighted by Crippen LogP contribution is -2.41. The van der Waals surface area contributed by atoms with Crippen LogP contribution in [0.2, 0.25) is 0 Å². The van der Waals surface area contributed by atoms with Crippen molar-refractivity contribution in [3.05, 3.63) is 35.6 Å². The zero-order valence-electron chi connectivity index (χ0n) is 10.2. The van der Waals surface area contributed by atoms with Gasteiger partial charge in [-0.2, -0.15) is 0 Å². The fourth-order valence-corrected chi connectivity index (χ4v) is 2.26. The SMILES string of the molecule is COC(=O)C(C)(C)C1(c2ccc(F)cc2)CN1. The number of carbonyl (C=O) groups is 1. The van der Waals surface area contributed by atoms with Crippen LogP contribution in [0.4, 0.5) is 4.39 Å². The number of halogens is 1. The zero-order chi connectivity index (χ0) is 12.7. The first-order chi connectivity index (χ1) is 7.94. The lowest BCUT2D eigenvalue weighted by Gasteiger charge is -2.31. The Hall–Kier alpha value is -1.42. The molecule has 92 valence electrons. The highest BCUT2D eigenvalue weighted by atomic mass is 19.1. The van der Waals surface area contributed by atoms with Crippen molar-refractivity contribution >= 4 is 5.97 Å². The van der Waals surface area contributed by atoms with E-state index >= 15 is 0 Å². The molecule has 1 aliphatic heterocycles. The topological polar surface area (TPSA) is 48.2 Å². The molecule has 0 aromatic heterocycles. The van der Waals surface area contributed by atoms with E-state index in [9.17, 15) is 9.18 Å². The molecule has 0 amide bonds. The second-order valence-corrected chi connectivity index (χ2v) is 4.88. The molecular weight excluding hydrogens is 221 g/mol. The third-order valence-corrected chi connectivity index (χ3v) is 3.63. The molecule has 1 N–H and O–H groups in total. The van der Waals surface area contributed by atoms with Gasteiger partial charge in [0.1, 0.15) is 5.82 Å². The molecule has 0 saturated carbocycles. The van der Waals surface area contributed by atoms with Crippen molar-refractivity contribution in [3.8, 4) is 0 Å². The van der Waals surface area contributed by atoms with Gasteiger partial charge in [-0.25, -0.2) is 4.39 Å². The summed E-state index contributed by atoms with van der Waals surface area (Å²) in [6.45, 7) is 4.37. The third-order valence-electron chi connectivity index (χ3n) is 3.63. The molecule has 0 aliphatic carbocycles. The Labute approximate surface area is 100.0 Å². The molecule has 2 rings (SSSR count). The van der Waals surface area contributed by atoms with Gasteiger partial charge in [-0.15, -0.1) is 0 Å². The van der Waals surface area contributed by atoms with E-state index in [2.05, 4.69) is 5.32 Å². The number of nitrogens with one attached hydrogen (secondary N) is 1. The minimum absolute atomic E-state index is 0.271. The first-order valence-corrected chi connectivity index (χ1v) is 5.53. The van der Waals surface area contributed by atoms with Gasteiger partial charge in [0.2, 0.25) is 0 Å². The van der Waals surface area contributed by atoms with E-state index in [1.54, 1.807) is 12.1 Å². The Bertz CT molecular complexity index is 435. The molecule has 1 unspecified atom stereocenters. The van der Waals surface area contributed by atoms with Crippen molar-refractivity contribution < 1.29 is 13.9 Å². The van der Waals surface area contributed by atoms with Crippen LogP contribution in [0.3, 0.4) is 0 Å². The smallest absolute Gasteiger partial charge is 0.313 e. The number of rotatable bonds is 3. The Morgan fingerprint density at radius 2 is 1.94 bits per heavy atom. The molecule has 1 atom stereocenters. The summed E-state index contributed by atoms with van der Waals surface area (Å²) >= 11 is 0. The summed E-state index contributed by atoms with van der Waals surface area (Å²) in [6, 6.07) is 6.23. The molecule has 0 bridgehead atoms. The van der Waals surface area contributed by atoms with E-state index in [1.807, 2.05) is 13.8 Å². The molecule has 4 heteroatoms. The van der Waals surface area contributed by atoms with Gasteiger partial charge in [-0.3, -0.25) is 4.79 Å². The normalized spacial score (nSPS) is 23.3. The predicted molar refractivity (Wildman–Crippen MR) is 61.9 cm³/mol. The molecule has 1 aromatic rings. The van der Waals surface area contributed by atoms with Gasteiger partial charge in [0.05, 0.1) is 18.1 Å². The van der Waals surface area contributed by atoms with E-state index in [0.717, 1.165) is 5.56 Å². The lowest BCUT2D eigenvalue weighted by molar-refractivity contribution is -0.153. The van der Waals surface area contributed by atoms with E-state index < -0.39 is 11.0 Å². The van der Waals surface area contributed by atoms with Crippen molar-refractivity contribution in [2.75, 3.05) is 13.7 Å². The maximum absolute atomic E-state index is 12.9. The van der Waals surface area contributed by atoms with Crippen LogP contribution in [0.15, 0.2) is 24.3 Å².